The maximum Gasteiger partial charge on any atom is 0.0743 e. The van der Waals surface area contributed by atoms with Crippen molar-refractivity contribution >= 4 is 16.3 Å². The molecule has 2 unspecified atom stereocenters. The predicted octanol–water partition coefficient (Wildman–Crippen LogP) is 7.85. The first-order valence-corrected chi connectivity index (χ1v) is 10.5. The summed E-state index contributed by atoms with van der Waals surface area (Å²) in [5, 5.41) is 2.52. The SMILES string of the molecule is CCC(C)C.CCC=CC(C)C1CC=CC=C1c1nccc2ccccc12. The molecule has 1 aromatic carbocycles. The van der Waals surface area contributed by atoms with E-state index in [9.17, 15) is 0 Å². The highest BCUT2D eigenvalue weighted by Gasteiger charge is 2.23. The molecule has 27 heavy (non-hydrogen) atoms. The van der Waals surface area contributed by atoms with Crippen LogP contribution >= 0.6 is 0 Å². The molecule has 144 valence electrons. The lowest BCUT2D eigenvalue weighted by Gasteiger charge is -2.26. The first-order chi connectivity index (χ1) is 13.1. The Bertz CT molecular complexity index is 789. The molecule has 0 radical (unpaired) electrons. The van der Waals surface area contributed by atoms with Gasteiger partial charge in [-0.05, 0) is 47.6 Å². The van der Waals surface area contributed by atoms with Crippen molar-refractivity contribution in [3.63, 3.8) is 0 Å². The average Bonchev–Trinajstić information content (AvgIpc) is 2.72. The topological polar surface area (TPSA) is 12.9 Å². The number of hydrogen-bond donors (Lipinski definition) is 0. The number of benzene rings is 1. The van der Waals surface area contributed by atoms with E-state index in [0.717, 1.165) is 24.5 Å². The maximum atomic E-state index is 4.72. The van der Waals surface area contributed by atoms with Crippen molar-refractivity contribution in [1.29, 1.82) is 0 Å². The van der Waals surface area contributed by atoms with Crippen LogP contribution in [-0.2, 0) is 0 Å². The second-order valence-corrected chi connectivity index (χ2v) is 7.77. The molecule has 1 aliphatic rings. The van der Waals surface area contributed by atoms with Gasteiger partial charge in [-0.15, -0.1) is 0 Å². The lowest BCUT2D eigenvalue weighted by atomic mass is 9.79. The minimum absolute atomic E-state index is 0.506. The lowest BCUT2D eigenvalue weighted by Crippen LogP contribution is -2.14. The molecular weight excluding hydrogens is 326 g/mol. The van der Waals surface area contributed by atoms with E-state index in [1.807, 2.05) is 6.20 Å². The summed E-state index contributed by atoms with van der Waals surface area (Å²) in [5.74, 6) is 1.91. The highest BCUT2D eigenvalue weighted by molar-refractivity contribution is 5.92. The zero-order valence-electron chi connectivity index (χ0n) is 17.7. The van der Waals surface area contributed by atoms with Gasteiger partial charge in [0.2, 0.25) is 0 Å². The van der Waals surface area contributed by atoms with Crippen LogP contribution in [0.25, 0.3) is 16.3 Å². The van der Waals surface area contributed by atoms with Crippen molar-refractivity contribution in [3.05, 3.63) is 72.6 Å². The molecule has 1 heterocycles. The first kappa shape index (κ1) is 21.2. The summed E-state index contributed by atoms with van der Waals surface area (Å²) in [4.78, 5) is 4.72. The summed E-state index contributed by atoms with van der Waals surface area (Å²) in [6, 6.07) is 10.6. The van der Waals surface area contributed by atoms with Crippen LogP contribution in [0, 0.1) is 17.8 Å². The molecule has 1 heteroatoms. The maximum absolute atomic E-state index is 4.72. The van der Waals surface area contributed by atoms with Gasteiger partial charge in [-0.25, -0.2) is 0 Å². The predicted molar refractivity (Wildman–Crippen MR) is 121 cm³/mol. The van der Waals surface area contributed by atoms with Crippen LogP contribution in [-0.4, -0.2) is 4.98 Å². The summed E-state index contributed by atoms with van der Waals surface area (Å²) in [7, 11) is 0. The minimum Gasteiger partial charge on any atom is -0.256 e. The number of pyridine rings is 1. The Balaban J connectivity index is 0.000000465. The molecule has 0 saturated heterocycles. The standard InChI is InChI=1S/C21H23N.C5H12/c1-3-4-9-16(2)18-11-7-8-13-20(18)21-19-12-6-5-10-17(19)14-15-22-21;1-4-5(2)3/h4-10,12-16,18H,3,11H2,1-2H3;5H,4H2,1-3H3. The fraction of sp³-hybridized carbons (Fsp3) is 0.423. The summed E-state index contributed by atoms with van der Waals surface area (Å²) in [6.07, 6.45) is 16.7. The van der Waals surface area contributed by atoms with Gasteiger partial charge in [-0.3, -0.25) is 4.98 Å². The van der Waals surface area contributed by atoms with Gasteiger partial charge >= 0.3 is 0 Å². The van der Waals surface area contributed by atoms with E-state index < -0.39 is 0 Å². The Hall–Kier alpha value is -2.15. The van der Waals surface area contributed by atoms with Crippen LogP contribution in [0.3, 0.4) is 0 Å². The zero-order chi connectivity index (χ0) is 19.6. The summed E-state index contributed by atoms with van der Waals surface area (Å²) in [6.45, 7) is 11.1. The smallest absolute Gasteiger partial charge is 0.0743 e. The van der Waals surface area contributed by atoms with Crippen LogP contribution < -0.4 is 0 Å². The summed E-state index contributed by atoms with van der Waals surface area (Å²) < 4.78 is 0. The van der Waals surface area contributed by atoms with Gasteiger partial charge in [-0.2, -0.15) is 0 Å². The van der Waals surface area contributed by atoms with Crippen molar-refractivity contribution in [2.45, 2.75) is 53.9 Å². The van der Waals surface area contributed by atoms with Crippen LogP contribution in [0.4, 0.5) is 0 Å². The molecule has 0 aliphatic heterocycles. The van der Waals surface area contributed by atoms with Crippen LogP contribution in [0.5, 0.6) is 0 Å². The van der Waals surface area contributed by atoms with Gasteiger partial charge in [0.1, 0.15) is 0 Å². The van der Waals surface area contributed by atoms with E-state index in [0.29, 0.717) is 11.8 Å². The molecule has 0 N–H and O–H groups in total. The van der Waals surface area contributed by atoms with E-state index in [2.05, 4.69) is 95.3 Å². The van der Waals surface area contributed by atoms with Crippen LogP contribution in [0.15, 0.2) is 66.9 Å². The molecule has 0 fully saturated rings. The summed E-state index contributed by atoms with van der Waals surface area (Å²) in [5.41, 5.74) is 2.51. The molecule has 1 aliphatic carbocycles. The van der Waals surface area contributed by atoms with Crippen LogP contribution in [0.2, 0.25) is 0 Å². The van der Waals surface area contributed by atoms with E-state index in [1.165, 1.54) is 22.8 Å². The van der Waals surface area contributed by atoms with E-state index in [4.69, 9.17) is 4.98 Å². The van der Waals surface area contributed by atoms with Crippen molar-refractivity contribution < 1.29 is 0 Å². The van der Waals surface area contributed by atoms with E-state index >= 15 is 0 Å². The Labute approximate surface area is 165 Å². The van der Waals surface area contributed by atoms with E-state index in [-0.39, 0.29) is 0 Å². The molecule has 0 spiro atoms. The minimum atomic E-state index is 0.506. The fourth-order valence-electron chi connectivity index (χ4n) is 3.23. The van der Waals surface area contributed by atoms with Crippen molar-refractivity contribution in [2.24, 2.45) is 17.8 Å². The van der Waals surface area contributed by atoms with Crippen molar-refractivity contribution in [2.75, 3.05) is 0 Å². The van der Waals surface area contributed by atoms with Gasteiger partial charge in [0.25, 0.3) is 0 Å². The Morgan fingerprint density at radius 2 is 1.85 bits per heavy atom. The molecule has 0 saturated carbocycles. The average molecular weight is 362 g/mol. The molecule has 0 amide bonds. The largest absolute Gasteiger partial charge is 0.256 e. The zero-order valence-corrected chi connectivity index (χ0v) is 17.7. The Kier molecular flexibility index (Phi) is 8.51. The molecule has 2 atom stereocenters. The third kappa shape index (κ3) is 5.92. The third-order valence-corrected chi connectivity index (χ3v) is 5.27. The first-order valence-electron chi connectivity index (χ1n) is 10.5. The monoisotopic (exact) mass is 361 g/mol. The van der Waals surface area contributed by atoms with Gasteiger partial charge in [0, 0.05) is 11.6 Å². The Morgan fingerprint density at radius 1 is 1.11 bits per heavy atom. The molecule has 0 bridgehead atoms. The molecule has 3 rings (SSSR count). The normalized spacial score (nSPS) is 17.7. The second-order valence-electron chi connectivity index (χ2n) is 7.77. The highest BCUT2D eigenvalue weighted by Crippen LogP contribution is 2.37. The summed E-state index contributed by atoms with van der Waals surface area (Å²) >= 11 is 0. The van der Waals surface area contributed by atoms with Crippen molar-refractivity contribution in [1.82, 2.24) is 4.98 Å². The number of fused-ring (bicyclic) bond motifs is 1. The molecule has 1 aromatic heterocycles. The number of nitrogens with zero attached hydrogens (tertiary/aromatic N) is 1. The fourth-order valence-corrected chi connectivity index (χ4v) is 3.23. The van der Waals surface area contributed by atoms with Crippen LogP contribution in [0.1, 0.15) is 59.6 Å². The highest BCUT2D eigenvalue weighted by atomic mass is 14.7. The number of aromatic nitrogens is 1. The lowest BCUT2D eigenvalue weighted by molar-refractivity contribution is 0.528. The number of allylic oxidation sites excluding steroid dienone is 6. The van der Waals surface area contributed by atoms with Gasteiger partial charge in [-0.1, -0.05) is 95.7 Å². The van der Waals surface area contributed by atoms with E-state index in [1.54, 1.807) is 0 Å². The van der Waals surface area contributed by atoms with Crippen molar-refractivity contribution in [3.8, 4) is 0 Å². The third-order valence-electron chi connectivity index (χ3n) is 5.27. The quantitative estimate of drug-likeness (QED) is 0.494. The van der Waals surface area contributed by atoms with Gasteiger partial charge < -0.3 is 0 Å². The number of hydrogen-bond acceptors (Lipinski definition) is 1. The second kappa shape index (κ2) is 10.9. The Morgan fingerprint density at radius 3 is 2.56 bits per heavy atom. The van der Waals surface area contributed by atoms with Gasteiger partial charge in [0.15, 0.2) is 0 Å². The van der Waals surface area contributed by atoms with Gasteiger partial charge in [0.05, 0.1) is 5.69 Å². The molecule has 1 nitrogen and oxygen atoms in total. The number of rotatable bonds is 5. The molecule has 2 aromatic rings. The molecular formula is C26H35N.